The third-order valence-electron chi connectivity index (χ3n) is 4.76. The first-order chi connectivity index (χ1) is 14.6. The quantitative estimate of drug-likeness (QED) is 0.190. The van der Waals surface area contributed by atoms with Crippen molar-refractivity contribution < 1.29 is 14.2 Å². The van der Waals surface area contributed by atoms with Crippen molar-refractivity contribution >= 4 is 29.9 Å². The van der Waals surface area contributed by atoms with Crippen LogP contribution in [-0.2, 0) is 11.3 Å². The molecule has 2 aromatic rings. The highest BCUT2D eigenvalue weighted by Gasteiger charge is 2.12. The molecule has 1 unspecified atom stereocenters. The molecule has 0 aliphatic rings. The van der Waals surface area contributed by atoms with Gasteiger partial charge < -0.3 is 24.8 Å². The van der Waals surface area contributed by atoms with Crippen LogP contribution < -0.4 is 20.1 Å². The average Bonchev–Trinajstić information content (AvgIpc) is 2.76. The van der Waals surface area contributed by atoms with Crippen LogP contribution in [0.4, 0.5) is 0 Å². The van der Waals surface area contributed by atoms with Gasteiger partial charge in [0.1, 0.15) is 18.1 Å². The molecular formula is C24H36IN3O3. The molecule has 0 bridgehead atoms. The summed E-state index contributed by atoms with van der Waals surface area (Å²) in [6.45, 7) is 9.44. The first-order valence-electron chi connectivity index (χ1n) is 10.4. The summed E-state index contributed by atoms with van der Waals surface area (Å²) in [6, 6.07) is 14.3. The van der Waals surface area contributed by atoms with Gasteiger partial charge in [-0.15, -0.1) is 24.0 Å². The van der Waals surface area contributed by atoms with Crippen molar-refractivity contribution in [2.24, 2.45) is 4.99 Å². The summed E-state index contributed by atoms with van der Waals surface area (Å²) < 4.78 is 16.5. The number of benzene rings is 2. The van der Waals surface area contributed by atoms with Crippen LogP contribution in [0, 0.1) is 6.92 Å². The molecule has 0 radical (unpaired) electrons. The SMILES string of the molecule is CCNC(=NCc1ccc(C)cc1OCCOC)NCC(C)c1ccccc1OC.I. The first kappa shape index (κ1) is 27.0. The summed E-state index contributed by atoms with van der Waals surface area (Å²) in [5.41, 5.74) is 3.38. The van der Waals surface area contributed by atoms with Crippen LogP contribution in [0.15, 0.2) is 47.5 Å². The largest absolute Gasteiger partial charge is 0.496 e. The lowest BCUT2D eigenvalue weighted by atomic mass is 10.0. The highest BCUT2D eigenvalue weighted by molar-refractivity contribution is 14.0. The Kier molecular flexibility index (Phi) is 13.0. The second kappa shape index (κ2) is 14.9. The fourth-order valence-electron chi connectivity index (χ4n) is 3.10. The Labute approximate surface area is 203 Å². The number of nitrogens with one attached hydrogen (secondary N) is 2. The standard InChI is InChI=1S/C24H35N3O3.HI/c1-6-25-24(26-16-19(3)21-9-7-8-10-22(21)29-5)27-17-20-12-11-18(2)15-23(20)30-14-13-28-4;/h7-12,15,19H,6,13-14,16-17H2,1-5H3,(H2,25,26,27);1H. The summed E-state index contributed by atoms with van der Waals surface area (Å²) in [5, 5.41) is 6.76. The lowest BCUT2D eigenvalue weighted by Gasteiger charge is -2.18. The van der Waals surface area contributed by atoms with Crippen molar-refractivity contribution in [1.29, 1.82) is 0 Å². The number of hydrogen-bond donors (Lipinski definition) is 2. The highest BCUT2D eigenvalue weighted by Crippen LogP contribution is 2.25. The Balaban J connectivity index is 0.00000480. The van der Waals surface area contributed by atoms with Gasteiger partial charge in [-0.2, -0.15) is 0 Å². The van der Waals surface area contributed by atoms with Gasteiger partial charge in [-0.05, 0) is 37.1 Å². The topological polar surface area (TPSA) is 64.1 Å². The van der Waals surface area contributed by atoms with E-state index in [2.05, 4.69) is 49.6 Å². The molecule has 0 saturated heterocycles. The molecule has 6 nitrogen and oxygen atoms in total. The molecule has 0 fully saturated rings. The number of para-hydroxylation sites is 1. The molecule has 2 rings (SSSR count). The molecule has 0 aromatic heterocycles. The number of halogens is 1. The zero-order valence-corrected chi connectivity index (χ0v) is 21.6. The minimum atomic E-state index is 0. The molecule has 0 aliphatic heterocycles. The average molecular weight is 541 g/mol. The predicted molar refractivity (Wildman–Crippen MR) is 138 cm³/mol. The van der Waals surface area contributed by atoms with E-state index in [4.69, 9.17) is 19.2 Å². The van der Waals surface area contributed by atoms with Crippen LogP contribution in [0.3, 0.4) is 0 Å². The summed E-state index contributed by atoms with van der Waals surface area (Å²) in [4.78, 5) is 4.76. The van der Waals surface area contributed by atoms with Gasteiger partial charge in [0, 0.05) is 31.7 Å². The van der Waals surface area contributed by atoms with E-state index in [-0.39, 0.29) is 29.9 Å². The molecule has 0 amide bonds. The number of aryl methyl sites for hydroxylation is 1. The van der Waals surface area contributed by atoms with Gasteiger partial charge >= 0.3 is 0 Å². The summed E-state index contributed by atoms with van der Waals surface area (Å²) in [6.07, 6.45) is 0. The van der Waals surface area contributed by atoms with Crippen LogP contribution in [0.1, 0.15) is 36.5 Å². The van der Waals surface area contributed by atoms with E-state index in [1.807, 2.05) is 24.3 Å². The molecule has 0 heterocycles. The Morgan fingerprint density at radius 2 is 1.81 bits per heavy atom. The fraction of sp³-hybridized carbons (Fsp3) is 0.458. The van der Waals surface area contributed by atoms with Crippen molar-refractivity contribution in [2.45, 2.75) is 33.2 Å². The lowest BCUT2D eigenvalue weighted by Crippen LogP contribution is -2.39. The molecule has 1 atom stereocenters. The first-order valence-corrected chi connectivity index (χ1v) is 10.4. The minimum absolute atomic E-state index is 0. The third kappa shape index (κ3) is 8.95. The van der Waals surface area contributed by atoms with Crippen molar-refractivity contribution in [3.05, 3.63) is 59.2 Å². The molecule has 2 N–H and O–H groups in total. The minimum Gasteiger partial charge on any atom is -0.496 e. The maximum atomic E-state index is 5.88. The summed E-state index contributed by atoms with van der Waals surface area (Å²) in [5.74, 6) is 2.82. The molecule has 2 aromatic carbocycles. The molecule has 0 aliphatic carbocycles. The third-order valence-corrected chi connectivity index (χ3v) is 4.76. The normalized spacial score (nSPS) is 12.0. The Morgan fingerprint density at radius 1 is 1.03 bits per heavy atom. The zero-order chi connectivity index (χ0) is 21.8. The second-order valence-corrected chi connectivity index (χ2v) is 7.17. The molecular weight excluding hydrogens is 505 g/mol. The molecule has 0 spiro atoms. The van der Waals surface area contributed by atoms with E-state index in [9.17, 15) is 0 Å². The van der Waals surface area contributed by atoms with Crippen molar-refractivity contribution in [2.75, 3.05) is 40.5 Å². The highest BCUT2D eigenvalue weighted by atomic mass is 127. The Bertz CT molecular complexity index is 814. The van der Waals surface area contributed by atoms with Crippen molar-refractivity contribution in [3.8, 4) is 11.5 Å². The van der Waals surface area contributed by atoms with E-state index in [0.717, 1.165) is 41.7 Å². The number of nitrogens with zero attached hydrogens (tertiary/aromatic N) is 1. The van der Waals surface area contributed by atoms with Crippen LogP contribution in [-0.4, -0.2) is 46.5 Å². The number of rotatable bonds is 11. The predicted octanol–water partition coefficient (Wildman–Crippen LogP) is 4.51. The van der Waals surface area contributed by atoms with Gasteiger partial charge in [-0.1, -0.05) is 37.3 Å². The van der Waals surface area contributed by atoms with Crippen molar-refractivity contribution in [3.63, 3.8) is 0 Å². The number of methoxy groups -OCH3 is 2. The van der Waals surface area contributed by atoms with Crippen LogP contribution in [0.25, 0.3) is 0 Å². The number of guanidine groups is 1. The molecule has 172 valence electrons. The number of aliphatic imine (C=N–C) groups is 1. The van der Waals surface area contributed by atoms with Gasteiger partial charge in [-0.25, -0.2) is 4.99 Å². The van der Waals surface area contributed by atoms with E-state index < -0.39 is 0 Å². The van der Waals surface area contributed by atoms with E-state index in [0.29, 0.717) is 19.8 Å². The maximum absolute atomic E-state index is 5.88. The van der Waals surface area contributed by atoms with Gasteiger partial charge in [0.25, 0.3) is 0 Å². The van der Waals surface area contributed by atoms with Crippen LogP contribution >= 0.6 is 24.0 Å². The second-order valence-electron chi connectivity index (χ2n) is 7.17. The zero-order valence-electron chi connectivity index (χ0n) is 19.2. The Morgan fingerprint density at radius 3 is 2.52 bits per heavy atom. The maximum Gasteiger partial charge on any atom is 0.191 e. The van der Waals surface area contributed by atoms with E-state index in [1.165, 1.54) is 5.56 Å². The van der Waals surface area contributed by atoms with Gasteiger partial charge in [0.15, 0.2) is 5.96 Å². The van der Waals surface area contributed by atoms with E-state index >= 15 is 0 Å². The lowest BCUT2D eigenvalue weighted by molar-refractivity contribution is 0.145. The number of ether oxygens (including phenoxy) is 3. The van der Waals surface area contributed by atoms with Gasteiger partial charge in [0.2, 0.25) is 0 Å². The molecule has 7 heteroatoms. The number of hydrogen-bond acceptors (Lipinski definition) is 4. The smallest absolute Gasteiger partial charge is 0.191 e. The van der Waals surface area contributed by atoms with E-state index in [1.54, 1.807) is 14.2 Å². The summed E-state index contributed by atoms with van der Waals surface area (Å²) >= 11 is 0. The molecule has 0 saturated carbocycles. The van der Waals surface area contributed by atoms with Crippen molar-refractivity contribution in [1.82, 2.24) is 10.6 Å². The van der Waals surface area contributed by atoms with Gasteiger partial charge in [0.05, 0.1) is 20.3 Å². The van der Waals surface area contributed by atoms with Crippen LogP contribution in [0.5, 0.6) is 11.5 Å². The molecule has 31 heavy (non-hydrogen) atoms. The fourth-order valence-corrected chi connectivity index (χ4v) is 3.10. The summed E-state index contributed by atoms with van der Waals surface area (Å²) in [7, 11) is 3.38. The van der Waals surface area contributed by atoms with Gasteiger partial charge in [-0.3, -0.25) is 0 Å². The van der Waals surface area contributed by atoms with Crippen LogP contribution in [0.2, 0.25) is 0 Å². The Hall–Kier alpha value is -2.00. The monoisotopic (exact) mass is 541 g/mol.